The molecule has 0 spiro atoms. The Hall–Kier alpha value is -3.09. The zero-order valence-corrected chi connectivity index (χ0v) is 19.4. The van der Waals surface area contributed by atoms with Crippen LogP contribution in [0, 0.1) is 0 Å². The van der Waals surface area contributed by atoms with Crippen LogP contribution in [-0.2, 0) is 0 Å². The van der Waals surface area contributed by atoms with Gasteiger partial charge >= 0.3 is 0 Å². The van der Waals surface area contributed by atoms with Crippen LogP contribution in [0.5, 0.6) is 11.5 Å². The van der Waals surface area contributed by atoms with Gasteiger partial charge in [-0.3, -0.25) is 4.79 Å². The average Bonchev–Trinajstić information content (AvgIpc) is 2.79. The smallest absolute Gasteiger partial charge is 0.255 e. The van der Waals surface area contributed by atoms with Crippen LogP contribution < -0.4 is 15.0 Å². The monoisotopic (exact) mass is 534 g/mol. The van der Waals surface area contributed by atoms with E-state index in [1.807, 2.05) is 84.9 Å². The van der Waals surface area contributed by atoms with Crippen molar-refractivity contribution in [3.05, 3.63) is 106 Å². The zero-order valence-electron chi connectivity index (χ0n) is 16.2. The van der Waals surface area contributed by atoms with Crippen molar-refractivity contribution in [2.75, 3.05) is 10.2 Å². The molecule has 152 valence electrons. The molecule has 0 radical (unpaired) electrons. The number of hydrogen-bond acceptors (Lipinski definition) is 3. The number of fused-ring (bicyclic) bond motifs is 2. The van der Waals surface area contributed by atoms with Gasteiger partial charge in [0.15, 0.2) is 11.5 Å². The van der Waals surface area contributed by atoms with Gasteiger partial charge in [-0.05, 0) is 86.5 Å². The molecule has 1 N–H and O–H groups in total. The number of benzene rings is 4. The van der Waals surface area contributed by atoms with Crippen LogP contribution in [0.15, 0.2) is 99.9 Å². The summed E-state index contributed by atoms with van der Waals surface area (Å²) < 4.78 is 7.80. The Morgan fingerprint density at radius 1 is 0.710 bits per heavy atom. The Labute approximate surface area is 196 Å². The van der Waals surface area contributed by atoms with Gasteiger partial charge < -0.3 is 15.0 Å². The molecule has 4 aromatic rings. The highest BCUT2D eigenvalue weighted by molar-refractivity contribution is 9.11. The number of carbonyl (C=O) groups is 1. The van der Waals surface area contributed by atoms with Crippen molar-refractivity contribution in [1.29, 1.82) is 0 Å². The zero-order chi connectivity index (χ0) is 21.4. The summed E-state index contributed by atoms with van der Waals surface area (Å²) in [6, 6.07) is 28.9. The lowest BCUT2D eigenvalue weighted by Gasteiger charge is -2.33. The molecule has 0 saturated heterocycles. The van der Waals surface area contributed by atoms with E-state index in [2.05, 4.69) is 42.1 Å². The minimum Gasteiger partial charge on any atom is -0.453 e. The van der Waals surface area contributed by atoms with Crippen molar-refractivity contribution in [3.8, 4) is 11.5 Å². The third-order valence-electron chi connectivity index (χ3n) is 5.00. The van der Waals surface area contributed by atoms with Gasteiger partial charge in [0, 0.05) is 14.5 Å². The number of amides is 1. The van der Waals surface area contributed by atoms with Crippen LogP contribution >= 0.6 is 31.9 Å². The van der Waals surface area contributed by atoms with E-state index in [0.717, 1.165) is 43.2 Å². The number of para-hydroxylation sites is 5. The fourth-order valence-electron chi connectivity index (χ4n) is 3.55. The number of hydrogen-bond donors (Lipinski definition) is 1. The Kier molecular flexibility index (Phi) is 5.26. The minimum atomic E-state index is -0.185. The summed E-state index contributed by atoms with van der Waals surface area (Å²) >= 11 is 7.15. The second kappa shape index (κ2) is 8.21. The first-order chi connectivity index (χ1) is 15.1. The maximum atomic E-state index is 13.0. The summed E-state index contributed by atoms with van der Waals surface area (Å²) in [6.07, 6.45) is 0. The minimum absolute atomic E-state index is 0.185. The molecule has 0 atom stereocenters. The van der Waals surface area contributed by atoms with Crippen LogP contribution in [0.25, 0.3) is 0 Å². The van der Waals surface area contributed by atoms with E-state index in [1.54, 1.807) is 6.07 Å². The molecule has 1 heterocycles. The Morgan fingerprint density at radius 3 is 2.00 bits per heavy atom. The summed E-state index contributed by atoms with van der Waals surface area (Å²) in [5.74, 6) is 1.34. The number of rotatable bonds is 3. The highest BCUT2D eigenvalue weighted by Crippen LogP contribution is 2.51. The molecule has 0 aliphatic carbocycles. The van der Waals surface area contributed by atoms with E-state index >= 15 is 0 Å². The number of carbonyl (C=O) groups excluding carboxylic acids is 1. The SMILES string of the molecule is O=C(Nc1ccccc1Br)c1ccc(Br)c(N2c3ccccc3Oc3ccccc32)c1. The van der Waals surface area contributed by atoms with Crippen molar-refractivity contribution < 1.29 is 9.53 Å². The molecule has 0 fully saturated rings. The lowest BCUT2D eigenvalue weighted by Crippen LogP contribution is -2.18. The van der Waals surface area contributed by atoms with Crippen LogP contribution in [0.4, 0.5) is 22.7 Å². The molecular formula is C25H16Br2N2O2. The fourth-order valence-corrected chi connectivity index (χ4v) is 4.35. The normalized spacial score (nSPS) is 11.9. The van der Waals surface area contributed by atoms with Gasteiger partial charge in [-0.25, -0.2) is 0 Å². The topological polar surface area (TPSA) is 41.6 Å². The van der Waals surface area contributed by atoms with E-state index in [-0.39, 0.29) is 5.91 Å². The highest BCUT2D eigenvalue weighted by atomic mass is 79.9. The van der Waals surface area contributed by atoms with Crippen LogP contribution in [-0.4, -0.2) is 5.91 Å². The first-order valence-electron chi connectivity index (χ1n) is 9.63. The molecule has 0 bridgehead atoms. The van der Waals surface area contributed by atoms with Crippen molar-refractivity contribution in [2.45, 2.75) is 0 Å². The predicted molar refractivity (Wildman–Crippen MR) is 131 cm³/mol. The van der Waals surface area contributed by atoms with E-state index in [0.29, 0.717) is 5.56 Å². The molecule has 5 rings (SSSR count). The maximum Gasteiger partial charge on any atom is 0.255 e. The quantitative estimate of drug-likeness (QED) is 0.254. The Bertz CT molecular complexity index is 1260. The summed E-state index contributed by atoms with van der Waals surface area (Å²) in [5, 5.41) is 2.97. The van der Waals surface area contributed by atoms with E-state index in [4.69, 9.17) is 4.74 Å². The van der Waals surface area contributed by atoms with Crippen molar-refractivity contribution in [1.82, 2.24) is 0 Å². The molecule has 6 heteroatoms. The Balaban J connectivity index is 1.59. The first kappa shape index (κ1) is 19.8. The molecule has 0 aromatic heterocycles. The summed E-state index contributed by atoms with van der Waals surface area (Å²) in [7, 11) is 0. The van der Waals surface area contributed by atoms with Gasteiger partial charge in [-0.1, -0.05) is 36.4 Å². The van der Waals surface area contributed by atoms with Gasteiger partial charge in [0.1, 0.15) is 0 Å². The molecule has 1 aliphatic heterocycles. The molecule has 1 aliphatic rings. The fraction of sp³-hybridized carbons (Fsp3) is 0. The first-order valence-corrected chi connectivity index (χ1v) is 11.2. The average molecular weight is 536 g/mol. The van der Waals surface area contributed by atoms with Gasteiger partial charge in [0.25, 0.3) is 5.91 Å². The molecule has 4 nitrogen and oxygen atoms in total. The summed E-state index contributed by atoms with van der Waals surface area (Å²) in [4.78, 5) is 15.1. The molecule has 4 aromatic carbocycles. The van der Waals surface area contributed by atoms with Crippen molar-refractivity contribution in [2.24, 2.45) is 0 Å². The van der Waals surface area contributed by atoms with Crippen molar-refractivity contribution >= 4 is 60.5 Å². The van der Waals surface area contributed by atoms with Gasteiger partial charge in [-0.2, -0.15) is 0 Å². The van der Waals surface area contributed by atoms with Crippen LogP contribution in [0.3, 0.4) is 0 Å². The van der Waals surface area contributed by atoms with Gasteiger partial charge in [0.05, 0.1) is 22.7 Å². The van der Waals surface area contributed by atoms with E-state index in [1.165, 1.54) is 0 Å². The van der Waals surface area contributed by atoms with Gasteiger partial charge in [-0.15, -0.1) is 0 Å². The van der Waals surface area contributed by atoms with Crippen LogP contribution in [0.2, 0.25) is 0 Å². The largest absolute Gasteiger partial charge is 0.453 e. The predicted octanol–water partition coefficient (Wildman–Crippen LogP) is 8.04. The van der Waals surface area contributed by atoms with E-state index < -0.39 is 0 Å². The molecule has 0 saturated carbocycles. The highest BCUT2D eigenvalue weighted by Gasteiger charge is 2.27. The molecular weight excluding hydrogens is 520 g/mol. The number of ether oxygens (including phenoxy) is 1. The third-order valence-corrected chi connectivity index (χ3v) is 6.37. The second-order valence-corrected chi connectivity index (χ2v) is 8.68. The summed E-state index contributed by atoms with van der Waals surface area (Å²) in [6.45, 7) is 0. The number of nitrogens with one attached hydrogen (secondary N) is 1. The van der Waals surface area contributed by atoms with E-state index in [9.17, 15) is 4.79 Å². The molecule has 1 amide bonds. The third kappa shape index (κ3) is 3.73. The molecule has 31 heavy (non-hydrogen) atoms. The summed E-state index contributed by atoms with van der Waals surface area (Å²) in [5.41, 5.74) is 3.94. The lowest BCUT2D eigenvalue weighted by molar-refractivity contribution is 0.102. The maximum absolute atomic E-state index is 13.0. The number of nitrogens with zero attached hydrogens (tertiary/aromatic N) is 1. The standard InChI is InChI=1S/C25H16Br2N2O2/c26-17-7-1-2-8-19(17)28-25(30)16-13-14-18(27)22(15-16)29-20-9-3-5-11-23(20)31-24-12-6-4-10-21(24)29/h1-15H,(H,28,30). The molecule has 0 unspecified atom stereocenters. The number of halogens is 2. The van der Waals surface area contributed by atoms with Crippen LogP contribution in [0.1, 0.15) is 10.4 Å². The lowest BCUT2D eigenvalue weighted by atomic mass is 10.1. The van der Waals surface area contributed by atoms with Crippen molar-refractivity contribution in [3.63, 3.8) is 0 Å². The van der Waals surface area contributed by atoms with Gasteiger partial charge in [0.2, 0.25) is 0 Å². The second-order valence-electron chi connectivity index (χ2n) is 6.97. The Morgan fingerprint density at radius 2 is 1.32 bits per heavy atom. The number of anilines is 4.